The molecule has 0 saturated carbocycles. The number of nitrogens with one attached hydrogen (secondary N) is 1. The normalized spacial score (nSPS) is 17.8. The number of nitrogens with two attached hydrogens (primary N) is 1. The summed E-state index contributed by atoms with van der Waals surface area (Å²) in [5, 5.41) is 18.4. The van der Waals surface area contributed by atoms with Gasteiger partial charge in [-0.25, -0.2) is 10.3 Å². The maximum absolute atomic E-state index is 11.0. The summed E-state index contributed by atoms with van der Waals surface area (Å²) in [4.78, 5) is 9.23. The van der Waals surface area contributed by atoms with E-state index in [9.17, 15) is 9.90 Å². The van der Waals surface area contributed by atoms with Crippen LogP contribution in [0.4, 0.5) is 4.79 Å². The van der Waals surface area contributed by atoms with E-state index in [1.54, 1.807) is 39.5 Å². The molecule has 2 aliphatic heterocycles. The smallest absolute Gasteiger partial charge is 0.335 e. The van der Waals surface area contributed by atoms with E-state index in [-0.39, 0.29) is 6.61 Å². The quantitative estimate of drug-likeness (QED) is 0.436. The van der Waals surface area contributed by atoms with Crippen LogP contribution in [0.1, 0.15) is 11.1 Å². The van der Waals surface area contributed by atoms with Gasteiger partial charge in [-0.2, -0.15) is 0 Å². The molecule has 2 heterocycles. The van der Waals surface area contributed by atoms with E-state index in [1.807, 2.05) is 18.2 Å². The third-order valence-corrected chi connectivity index (χ3v) is 4.53. The Hall–Kier alpha value is -3.63. The molecule has 10 nitrogen and oxygen atoms in total. The molecule has 0 radical (unpaired) electrons. The van der Waals surface area contributed by atoms with E-state index in [4.69, 9.17) is 28.9 Å². The summed E-state index contributed by atoms with van der Waals surface area (Å²) in [6.07, 6.45) is 1.89. The first-order valence-electron chi connectivity index (χ1n) is 8.75. The number of aliphatic hydroxyl groups is 1. The Morgan fingerprint density at radius 3 is 2.37 bits per heavy atom. The highest BCUT2D eigenvalue weighted by Gasteiger charge is 2.44. The highest BCUT2D eigenvalue weighted by molar-refractivity contribution is 5.92. The molecule has 0 aromatic heterocycles. The van der Waals surface area contributed by atoms with Gasteiger partial charge in [0, 0.05) is 28.8 Å². The van der Waals surface area contributed by atoms with Crippen LogP contribution in [-0.2, 0) is 0 Å². The number of carbonyl (C=O) groups excluding carboxylic acids is 1. The van der Waals surface area contributed by atoms with Gasteiger partial charge in [0.15, 0.2) is 18.1 Å². The molecule has 2 aromatic carbocycles. The van der Waals surface area contributed by atoms with Crippen LogP contribution in [0.15, 0.2) is 30.3 Å². The number of urea groups is 1. The molecule has 0 aliphatic carbocycles. The lowest BCUT2D eigenvalue weighted by molar-refractivity contribution is -0.116. The number of amides is 2. The third-order valence-electron chi connectivity index (χ3n) is 4.53. The number of benzene rings is 2. The first kappa shape index (κ1) is 21.1. The average molecular weight is 418 g/mol. The lowest BCUT2D eigenvalue weighted by Gasteiger charge is -2.39. The molecule has 30 heavy (non-hydrogen) atoms. The molecule has 1 unspecified atom stereocenters. The fraction of sp³-hybridized carbons (Fsp3) is 0.250. The minimum Gasteiger partial charge on any atom is -0.497 e. The van der Waals surface area contributed by atoms with Crippen LogP contribution in [0, 0.1) is 0 Å². The number of carbonyl (C=O) groups is 1. The van der Waals surface area contributed by atoms with E-state index in [0.29, 0.717) is 39.9 Å². The van der Waals surface area contributed by atoms with Gasteiger partial charge in [0.05, 0.1) is 21.3 Å². The van der Waals surface area contributed by atoms with Crippen molar-refractivity contribution in [3.63, 3.8) is 0 Å². The molecule has 2 aliphatic rings. The largest absolute Gasteiger partial charge is 0.497 e. The van der Waals surface area contributed by atoms with Crippen LogP contribution < -0.4 is 34.9 Å². The first-order valence-corrected chi connectivity index (χ1v) is 8.75. The maximum atomic E-state index is 11.0. The van der Waals surface area contributed by atoms with Crippen molar-refractivity contribution in [1.29, 1.82) is 0 Å². The van der Waals surface area contributed by atoms with Crippen molar-refractivity contribution in [2.24, 2.45) is 5.73 Å². The number of methoxy groups -OCH3 is 3. The topological polar surface area (TPSA) is 142 Å². The van der Waals surface area contributed by atoms with Gasteiger partial charge in [-0.3, -0.25) is 5.21 Å². The summed E-state index contributed by atoms with van der Waals surface area (Å²) in [7, 11) is 4.71. The Bertz CT molecular complexity index is 991. The highest BCUT2D eigenvalue weighted by atomic mass is 16.7. The van der Waals surface area contributed by atoms with E-state index in [1.165, 1.54) is 5.48 Å². The molecule has 2 amide bonds. The molecule has 4 rings (SSSR count). The Morgan fingerprint density at radius 1 is 1.10 bits per heavy atom. The number of hydrogen-bond donors (Lipinski definition) is 4. The Balaban J connectivity index is 0.000000461. The van der Waals surface area contributed by atoms with E-state index in [0.717, 1.165) is 5.56 Å². The number of rotatable bonds is 3. The van der Waals surface area contributed by atoms with Gasteiger partial charge in [-0.05, 0) is 24.3 Å². The Kier molecular flexibility index (Phi) is 5.90. The lowest BCUT2D eigenvalue weighted by atomic mass is 9.90. The lowest BCUT2D eigenvalue weighted by Crippen LogP contribution is -2.47. The van der Waals surface area contributed by atoms with Gasteiger partial charge in [0.1, 0.15) is 17.2 Å². The Morgan fingerprint density at radius 2 is 1.77 bits per heavy atom. The van der Waals surface area contributed by atoms with Crippen LogP contribution in [0.25, 0.3) is 11.6 Å². The van der Waals surface area contributed by atoms with Crippen molar-refractivity contribution in [1.82, 2.24) is 5.48 Å². The van der Waals surface area contributed by atoms with Crippen LogP contribution in [0.5, 0.6) is 28.7 Å². The second-order valence-corrected chi connectivity index (χ2v) is 6.32. The van der Waals surface area contributed by atoms with Crippen LogP contribution in [0.3, 0.4) is 0 Å². The molecular weight excluding hydrogens is 396 g/mol. The summed E-state index contributed by atoms with van der Waals surface area (Å²) in [6, 6.07) is 8.06. The van der Waals surface area contributed by atoms with Crippen LogP contribution >= 0.6 is 0 Å². The van der Waals surface area contributed by atoms with E-state index < -0.39 is 11.8 Å². The van der Waals surface area contributed by atoms with Crippen molar-refractivity contribution in [3.05, 3.63) is 41.5 Å². The van der Waals surface area contributed by atoms with Crippen molar-refractivity contribution in [3.8, 4) is 28.7 Å². The first-order chi connectivity index (χ1) is 14.3. The zero-order valence-electron chi connectivity index (χ0n) is 16.6. The van der Waals surface area contributed by atoms with Gasteiger partial charge < -0.3 is 34.5 Å². The highest BCUT2D eigenvalue weighted by Crippen LogP contribution is 2.48. The number of ether oxygens (including phenoxy) is 5. The van der Waals surface area contributed by atoms with E-state index in [2.05, 4.69) is 5.73 Å². The minimum absolute atomic E-state index is 0.0298. The number of primary amides is 1. The van der Waals surface area contributed by atoms with E-state index >= 15 is 0 Å². The van der Waals surface area contributed by atoms with Crippen molar-refractivity contribution in [2.75, 3.05) is 27.9 Å². The fourth-order valence-corrected chi connectivity index (χ4v) is 3.12. The van der Waals surface area contributed by atoms with Gasteiger partial charge >= 0.3 is 6.03 Å². The third kappa shape index (κ3) is 3.91. The number of hydroxylamine groups is 1. The molecule has 0 spiro atoms. The average Bonchev–Trinajstić information content (AvgIpc) is 2.76. The molecule has 0 bridgehead atoms. The molecule has 0 fully saturated rings. The second-order valence-electron chi connectivity index (χ2n) is 6.32. The second kappa shape index (κ2) is 8.39. The van der Waals surface area contributed by atoms with Crippen molar-refractivity contribution >= 4 is 17.7 Å². The van der Waals surface area contributed by atoms with Crippen molar-refractivity contribution in [2.45, 2.75) is 5.79 Å². The monoisotopic (exact) mass is 418 g/mol. The minimum atomic E-state index is -1.58. The standard InChI is InChI=1S/C19H18O6.CH4N2O2/c1-21-12-5-4-11-6-14-13-8-17(22-2)18(23-3)9-16(13)24-10-19(14,20)25-15(11)7-12;2-1(4)3-5/h4-9,20H,10H2,1-3H3;5H,(H3,2,3,4). The summed E-state index contributed by atoms with van der Waals surface area (Å²) >= 11 is 0. The molecular formula is C20H22N2O8. The predicted molar refractivity (Wildman–Crippen MR) is 106 cm³/mol. The van der Waals surface area contributed by atoms with Gasteiger partial charge in [0.25, 0.3) is 5.79 Å². The molecule has 10 heteroatoms. The molecule has 1 atom stereocenters. The number of hydrogen-bond acceptors (Lipinski definition) is 8. The SMILES string of the molecule is COc1ccc2c(c1)OC1(O)COc3cc(OC)c(OC)cc3C1=C2.NC(=O)NO. The van der Waals surface area contributed by atoms with Crippen LogP contribution in [0.2, 0.25) is 0 Å². The molecule has 0 saturated heterocycles. The summed E-state index contributed by atoms with van der Waals surface area (Å²) in [5.41, 5.74) is 7.63. The zero-order chi connectivity index (χ0) is 21.9. The number of fused-ring (bicyclic) bond motifs is 4. The van der Waals surface area contributed by atoms with Crippen LogP contribution in [-0.4, -0.2) is 50.1 Å². The summed E-state index contributed by atoms with van der Waals surface area (Å²) in [6.45, 7) is -0.0298. The molecule has 2 aromatic rings. The predicted octanol–water partition coefficient (Wildman–Crippen LogP) is 1.77. The summed E-state index contributed by atoms with van der Waals surface area (Å²) < 4.78 is 27.5. The summed E-state index contributed by atoms with van der Waals surface area (Å²) in [5.74, 6) is 1.34. The fourth-order valence-electron chi connectivity index (χ4n) is 3.12. The zero-order valence-corrected chi connectivity index (χ0v) is 16.6. The molecule has 5 N–H and O–H groups in total. The Labute approximate surface area is 172 Å². The molecule has 160 valence electrons. The maximum Gasteiger partial charge on any atom is 0.335 e. The van der Waals surface area contributed by atoms with Gasteiger partial charge in [-0.1, -0.05) is 0 Å². The van der Waals surface area contributed by atoms with Gasteiger partial charge in [-0.15, -0.1) is 0 Å². The van der Waals surface area contributed by atoms with Gasteiger partial charge in [0.2, 0.25) is 0 Å². The van der Waals surface area contributed by atoms with Crippen molar-refractivity contribution < 1.29 is 38.8 Å².